The van der Waals surface area contributed by atoms with E-state index in [9.17, 15) is 48.3 Å². The number of benzene rings is 6. The summed E-state index contributed by atoms with van der Waals surface area (Å²) in [6.07, 6.45) is 11.8. The zero-order chi connectivity index (χ0) is 102. The van der Waals surface area contributed by atoms with Crippen LogP contribution in [-0.4, -0.2) is 173 Å². The second-order valence-electron chi connectivity index (χ2n) is 34.1. The molecule has 5 atom stereocenters. The number of nitriles is 1. The Morgan fingerprint density at radius 3 is 1.02 bits per heavy atom. The van der Waals surface area contributed by atoms with Crippen molar-refractivity contribution in [3.63, 3.8) is 0 Å². The first-order valence-electron chi connectivity index (χ1n) is 45.3. The molecule has 2 aliphatic heterocycles. The number of carbonyl (C=O) groups is 9. The SMILES string of the molecule is C.CC(C)CC(SC#N)C(=O)c1ccc(Cl)c(Cl)c1.CC(C)Cc1sc(NCC(CCCCN)C(=O)O)nc1-c1ccc(Cl)c(Cl)c1.COC(=O)C(CCCCN)CNc1nc(-c2ccc(Cl)c(Cl)c2)c(CC(C)C)s1.COC(=O)C(CCCCN1C(=O)c2ccccc2C1=O)CNc1nc(-c2ccc(Cl)c(Cl)c2)c(CC(C)C)s1.COC(=O)C(CN)CCCCN1C(=O)c2ccccc2C1=O.NN.O.[Li+].[OH-]. The number of hydrogen-bond acceptors (Lipinski definition) is 29. The molecule has 11 rings (SSSR count). The van der Waals surface area contributed by atoms with Crippen molar-refractivity contribution in [2.24, 2.45) is 76.2 Å². The number of thiocyanates is 1. The van der Waals surface area contributed by atoms with Crippen molar-refractivity contribution in [1.82, 2.24) is 24.8 Å². The molecule has 772 valence electrons. The van der Waals surface area contributed by atoms with Crippen LogP contribution in [0.4, 0.5) is 15.4 Å². The third-order valence-corrected chi connectivity index (χ3v) is 28.6. The van der Waals surface area contributed by atoms with Gasteiger partial charge in [-0.05, 0) is 204 Å². The van der Waals surface area contributed by atoms with Gasteiger partial charge in [-0.3, -0.25) is 64.6 Å². The van der Waals surface area contributed by atoms with Gasteiger partial charge in [0.1, 0.15) is 5.40 Å². The van der Waals surface area contributed by atoms with Crippen molar-refractivity contribution in [2.75, 3.05) is 89.6 Å². The van der Waals surface area contributed by atoms with E-state index in [1.807, 2.05) is 55.6 Å². The number of anilines is 3. The Labute approximate surface area is 901 Å². The fourth-order valence-electron chi connectivity index (χ4n) is 14.6. The zero-order valence-corrected chi connectivity index (χ0v) is 90.5. The van der Waals surface area contributed by atoms with E-state index in [4.69, 9.17) is 140 Å². The second kappa shape index (κ2) is 67.6. The first kappa shape index (κ1) is 130. The van der Waals surface area contributed by atoms with Gasteiger partial charge in [-0.2, -0.15) is 5.26 Å². The van der Waals surface area contributed by atoms with Crippen molar-refractivity contribution in [1.29, 1.82) is 5.26 Å². The number of halogens is 8. The molecule has 42 heteroatoms. The zero-order valence-electron chi connectivity index (χ0n) is 81.2. The summed E-state index contributed by atoms with van der Waals surface area (Å²) in [4.78, 5) is 130. The molecule has 0 spiro atoms. The first-order valence-corrected chi connectivity index (χ1v) is 51.7. The standard InChI is InChI=1S/C29H31Cl2N3O4S.C21H29Cl2N3O2S.C20H27Cl2N3O2S.C16H20N2O4.C13H13Cl2NOS.CH4.Li.H4N2.2H2O/c1-17(2)14-24-25(18-11-12-22(30)23(31)15-18)33-29(39-24)32-16-19(28(37)38-3)8-6-7-13-34-26(35)20-9-4-5-10-21(20)27(34)36;1-13(2)10-18-19(14-7-8-16(22)17(23)11-14)26-21(29-18)25-12-15(20(27)28-3)6-4-5-9-24;1-12(2)9-17-18(13-6-7-15(21)16(22)10-13)25-20(28-17)24-11-14(19(26)27)5-3-4-8-23;1-22-16(21)11(10-17)6-4-5-9-18-14(19)12-7-2-3-8-13(12)15(18)20;1-8(2)5-12(18-7-16)13(17)9-3-4-10(14)11(15)6-9;;;1-2;;/h4-5,9-12,15,17,19H,6-8,13-14,16H2,1-3H3,(H,32,33);7-8,11,13,15H,4-6,9-10,12,24H2,1-3H3,(H,25,26);6-7,10,12,14H,3-5,8-9,11,23H2,1-2H3,(H,24,25)(H,26,27);2-3,7-8,11H,4-6,9-10,17H2,1H3;3-4,6,8,12H,5H2,1-2H3;1H4;;1-2H2;2*1H2/q;;;;;;+1;;;/p-1. The Hall–Kier alpha value is -8.08. The van der Waals surface area contributed by atoms with E-state index in [0.717, 1.165) is 117 Å². The van der Waals surface area contributed by atoms with Gasteiger partial charge >= 0.3 is 42.7 Å². The van der Waals surface area contributed by atoms with Crippen LogP contribution < -0.4 is 63.7 Å². The van der Waals surface area contributed by atoms with E-state index < -0.39 is 17.8 Å². The van der Waals surface area contributed by atoms with Crippen LogP contribution >= 0.6 is 139 Å². The summed E-state index contributed by atoms with van der Waals surface area (Å²) in [6, 6.07) is 35.0. The van der Waals surface area contributed by atoms with Crippen molar-refractivity contribution >= 4 is 207 Å². The summed E-state index contributed by atoms with van der Waals surface area (Å²) in [5.74, 6) is 5.60. The molecule has 4 amide bonds. The van der Waals surface area contributed by atoms with Crippen molar-refractivity contribution in [3.05, 3.63) is 204 Å². The number of carboxylic acids is 1. The summed E-state index contributed by atoms with van der Waals surface area (Å²) >= 11 is 54.3. The number of hydrogen-bond donors (Lipinski definition) is 9. The molecule has 5 unspecified atom stereocenters. The third kappa shape index (κ3) is 40.6. The molecule has 17 N–H and O–H groups in total. The number of unbranched alkanes of at least 4 members (excludes halogenated alkanes) is 4. The van der Waals surface area contributed by atoms with Gasteiger partial charge in [0.15, 0.2) is 21.2 Å². The Bertz CT molecular complexity index is 5510. The third-order valence-electron chi connectivity index (χ3n) is 21.7. The second-order valence-corrected chi connectivity index (χ2v) is 41.6. The topological polar surface area (TPSA) is 498 Å². The summed E-state index contributed by atoms with van der Waals surface area (Å²) in [5, 5.41) is 35.7. The summed E-state index contributed by atoms with van der Waals surface area (Å²) < 4.78 is 14.7. The minimum atomic E-state index is -0.798. The Balaban J connectivity index is 0.000000606. The van der Waals surface area contributed by atoms with Gasteiger partial charge in [-0.25, -0.2) is 15.0 Å². The maximum absolute atomic E-state index is 12.6. The smallest absolute Gasteiger partial charge is 0.870 e. The molecule has 9 aromatic rings. The number of nitrogens with two attached hydrogens (primary N) is 5. The summed E-state index contributed by atoms with van der Waals surface area (Å²) in [6.45, 7) is 20.3. The monoisotopic (exact) mass is 2180 g/mol. The first-order chi connectivity index (χ1) is 65.9. The number of imide groups is 2. The number of ketones is 1. The fourth-order valence-corrected chi connectivity index (χ4v) is 20.3. The minimum absolute atomic E-state index is 0. The average molecular weight is 2190 g/mol. The van der Waals surface area contributed by atoms with E-state index in [1.54, 1.807) is 119 Å². The van der Waals surface area contributed by atoms with Crippen LogP contribution in [0.2, 0.25) is 40.2 Å². The number of hydrazine groups is 1. The van der Waals surface area contributed by atoms with Crippen molar-refractivity contribution in [2.45, 2.75) is 171 Å². The number of thiazole rings is 3. The number of thioether (sulfide) groups is 1. The number of carbonyl (C=O) groups excluding carboxylic acids is 8. The molecule has 0 fully saturated rings. The number of Topliss-reactive ketones (excluding diaryl/α,β-unsaturated/α-hetero) is 1. The van der Waals surface area contributed by atoms with Crippen molar-refractivity contribution in [3.8, 4) is 39.2 Å². The molecule has 5 heterocycles. The molecule has 29 nitrogen and oxygen atoms in total. The Morgan fingerprint density at radius 1 is 0.444 bits per heavy atom. The molecule has 2 aliphatic rings. The average Bonchev–Trinajstić information content (AvgIpc) is 1.64. The molecular formula is C100H131Cl8LiN14O15S4. The number of nitrogens with zero attached hydrogens (tertiary/aromatic N) is 6. The van der Waals surface area contributed by atoms with E-state index in [2.05, 4.69) is 73.9 Å². The van der Waals surface area contributed by atoms with E-state index in [-0.39, 0.29) is 108 Å². The van der Waals surface area contributed by atoms with Gasteiger partial charge in [-0.1, -0.05) is 224 Å². The van der Waals surface area contributed by atoms with Gasteiger partial charge in [0.2, 0.25) is 0 Å². The minimum Gasteiger partial charge on any atom is -0.870 e. The maximum atomic E-state index is 12.6. The van der Waals surface area contributed by atoms with E-state index in [1.165, 1.54) is 36.0 Å². The molecule has 6 aromatic carbocycles. The number of ether oxygens (including phenoxy) is 3. The molecule has 0 aliphatic carbocycles. The van der Waals surface area contributed by atoms with Gasteiger partial charge in [0, 0.05) is 76.2 Å². The Kier molecular flexibility index (Phi) is 61.9. The molecule has 142 heavy (non-hydrogen) atoms. The van der Waals surface area contributed by atoms with Gasteiger partial charge in [-0.15, -0.1) is 34.0 Å². The molecule has 3 aromatic heterocycles. The molecule has 0 bridgehead atoms. The predicted molar refractivity (Wildman–Crippen MR) is 576 cm³/mol. The normalized spacial score (nSPS) is 12.6. The number of nitrogens with one attached hydrogen (secondary N) is 3. The largest absolute Gasteiger partial charge is 1.00 e. The fraction of sp³-hybridized carbons (Fsp3) is 0.450. The Morgan fingerprint density at radius 2 is 0.739 bits per heavy atom. The summed E-state index contributed by atoms with van der Waals surface area (Å²) in [7, 11) is 4.13. The molecule has 0 saturated carbocycles. The maximum Gasteiger partial charge on any atom is 1.00 e. The number of esters is 3. The van der Waals surface area contributed by atoms with Crippen LogP contribution in [0.1, 0.15) is 213 Å². The van der Waals surface area contributed by atoms with Crippen LogP contribution in [-0.2, 0) is 52.7 Å². The van der Waals surface area contributed by atoms with Crippen LogP contribution in [0, 0.1) is 58.0 Å². The predicted octanol–water partition coefficient (Wildman–Crippen LogP) is 19.6. The van der Waals surface area contributed by atoms with Crippen molar-refractivity contribution < 1.29 is 92.3 Å². The molecular weight excluding hydrogens is 2060 g/mol. The van der Waals surface area contributed by atoms with Crippen LogP contribution in [0.25, 0.3) is 33.8 Å². The van der Waals surface area contributed by atoms with Gasteiger partial charge in [0.25, 0.3) is 23.6 Å². The number of rotatable bonds is 46. The number of amides is 4. The number of carboxylic acid groups (broad SMARTS) is 1. The number of aliphatic carboxylic acids is 1. The molecule has 0 radical (unpaired) electrons. The number of aromatic nitrogens is 3. The van der Waals surface area contributed by atoms with Crippen LogP contribution in [0.5, 0.6) is 0 Å². The van der Waals surface area contributed by atoms with E-state index >= 15 is 0 Å². The van der Waals surface area contributed by atoms with Gasteiger partial charge < -0.3 is 63.4 Å². The van der Waals surface area contributed by atoms with Crippen LogP contribution in [0.15, 0.2) is 121 Å². The summed E-state index contributed by atoms with van der Waals surface area (Å²) in [5.41, 5.74) is 24.3. The van der Waals surface area contributed by atoms with Gasteiger partial charge in [0.05, 0.1) is 130 Å². The number of fused-ring (bicyclic) bond motifs is 2. The molecule has 0 saturated heterocycles. The quantitative estimate of drug-likeness (QED) is 0.00197. The van der Waals surface area contributed by atoms with Crippen LogP contribution in [0.3, 0.4) is 0 Å². The number of methoxy groups -OCH3 is 3. The van der Waals surface area contributed by atoms with E-state index in [0.29, 0.717) is 194 Å².